The molecule has 190 valence electrons. The highest BCUT2D eigenvalue weighted by Gasteiger charge is 2.58. The van der Waals surface area contributed by atoms with Gasteiger partial charge < -0.3 is 9.64 Å². The van der Waals surface area contributed by atoms with Gasteiger partial charge >= 0.3 is 0 Å². The molecule has 37 heavy (non-hydrogen) atoms. The van der Waals surface area contributed by atoms with Crippen molar-refractivity contribution in [1.82, 2.24) is 10.3 Å². The van der Waals surface area contributed by atoms with Crippen LogP contribution in [0.15, 0.2) is 84.0 Å². The van der Waals surface area contributed by atoms with E-state index in [9.17, 15) is 9.59 Å². The number of halogens is 2. The van der Waals surface area contributed by atoms with Crippen LogP contribution in [0.2, 0.25) is 10.0 Å². The highest BCUT2D eigenvalue weighted by Crippen LogP contribution is 2.58. The van der Waals surface area contributed by atoms with Crippen LogP contribution in [0.1, 0.15) is 28.5 Å². The number of rotatable bonds is 6. The van der Waals surface area contributed by atoms with Gasteiger partial charge in [0.05, 0.1) is 36.3 Å². The Morgan fingerprint density at radius 2 is 1.46 bits per heavy atom. The van der Waals surface area contributed by atoms with Crippen molar-refractivity contribution >= 4 is 41.2 Å². The number of hydrogen-bond acceptors (Lipinski definition) is 4. The predicted octanol–water partition coefficient (Wildman–Crippen LogP) is 5.12. The van der Waals surface area contributed by atoms with Gasteiger partial charge in [0.25, 0.3) is 0 Å². The van der Waals surface area contributed by atoms with Gasteiger partial charge in [-0.25, -0.2) is 5.43 Å². The van der Waals surface area contributed by atoms with Crippen molar-refractivity contribution in [2.45, 2.75) is 11.8 Å². The molecule has 6 nitrogen and oxygen atoms in total. The van der Waals surface area contributed by atoms with Gasteiger partial charge in [-0.3, -0.25) is 9.59 Å². The van der Waals surface area contributed by atoms with Gasteiger partial charge in [0.2, 0.25) is 11.8 Å². The molecule has 8 heteroatoms. The van der Waals surface area contributed by atoms with Crippen molar-refractivity contribution in [3.8, 4) is 0 Å². The van der Waals surface area contributed by atoms with Crippen LogP contribution in [0, 0.1) is 11.8 Å². The molecular formula is C29H27Cl2N3O3. The third kappa shape index (κ3) is 5.42. The summed E-state index contributed by atoms with van der Waals surface area (Å²) < 4.78 is 5.47. The molecule has 0 aromatic heterocycles. The molecule has 2 unspecified atom stereocenters. The topological polar surface area (TPSA) is 71.0 Å². The van der Waals surface area contributed by atoms with Gasteiger partial charge in [0.1, 0.15) is 0 Å². The summed E-state index contributed by atoms with van der Waals surface area (Å²) in [6.07, 6.45) is 1.50. The first kappa shape index (κ1) is 25.5. The fraction of sp³-hybridized carbons (Fsp3) is 0.276. The number of ether oxygens (including phenoxy) is 1. The largest absolute Gasteiger partial charge is 0.378 e. The molecule has 0 bridgehead atoms. The molecule has 2 fully saturated rings. The van der Waals surface area contributed by atoms with E-state index in [1.807, 2.05) is 65.6 Å². The SMILES string of the molecule is O=C(N/N=C/c1ccc(Cl)cc1Cl)C1C(c2ccccc2)C(C(=O)N2CCOCC2)C1c1ccccc1. The summed E-state index contributed by atoms with van der Waals surface area (Å²) in [5.74, 6) is -1.58. The Kier molecular flexibility index (Phi) is 7.89. The minimum atomic E-state index is -0.474. The van der Waals surface area contributed by atoms with Crippen LogP contribution >= 0.6 is 23.2 Å². The molecule has 0 spiro atoms. The van der Waals surface area contributed by atoms with Crippen LogP contribution < -0.4 is 5.43 Å². The Labute approximate surface area is 226 Å². The lowest BCUT2D eigenvalue weighted by Gasteiger charge is -2.52. The standard InChI is InChI=1S/C29H27Cl2N3O3/c30-22-12-11-21(23(31)17-22)18-32-33-28(35)26-24(19-7-3-1-4-8-19)27(25(26)20-9-5-2-6-10-20)29(36)34-13-15-37-16-14-34/h1-12,17-18,24-27H,13-16H2,(H,33,35)/b32-18+. The zero-order chi connectivity index (χ0) is 25.8. The van der Waals surface area contributed by atoms with Crippen molar-refractivity contribution in [2.75, 3.05) is 26.3 Å². The Morgan fingerprint density at radius 1 is 0.865 bits per heavy atom. The van der Waals surface area contributed by atoms with E-state index in [0.29, 0.717) is 41.9 Å². The van der Waals surface area contributed by atoms with Crippen molar-refractivity contribution in [1.29, 1.82) is 0 Å². The Bertz CT molecular complexity index is 1230. The second kappa shape index (κ2) is 11.5. The van der Waals surface area contributed by atoms with Gasteiger partial charge in [-0.1, -0.05) is 89.9 Å². The van der Waals surface area contributed by atoms with Gasteiger partial charge in [-0.2, -0.15) is 5.10 Å². The molecule has 1 heterocycles. The van der Waals surface area contributed by atoms with E-state index in [1.54, 1.807) is 18.2 Å². The second-order valence-electron chi connectivity index (χ2n) is 9.26. The minimum Gasteiger partial charge on any atom is -0.378 e. The molecule has 5 rings (SSSR count). The van der Waals surface area contributed by atoms with Gasteiger partial charge in [-0.05, 0) is 23.3 Å². The highest BCUT2D eigenvalue weighted by atomic mass is 35.5. The maximum absolute atomic E-state index is 13.9. The summed E-state index contributed by atoms with van der Waals surface area (Å²) >= 11 is 12.2. The van der Waals surface area contributed by atoms with Crippen LogP contribution in [0.5, 0.6) is 0 Å². The number of carbonyl (C=O) groups excluding carboxylic acids is 2. The number of hydrazone groups is 1. The normalized spacial score (nSPS) is 23.5. The quantitative estimate of drug-likeness (QED) is 0.352. The fourth-order valence-corrected chi connectivity index (χ4v) is 5.86. The summed E-state index contributed by atoms with van der Waals surface area (Å²) in [6.45, 7) is 2.16. The number of hydrogen-bond donors (Lipinski definition) is 1. The number of nitrogens with one attached hydrogen (secondary N) is 1. The number of amides is 2. The summed E-state index contributed by atoms with van der Waals surface area (Å²) in [6, 6.07) is 24.7. The average Bonchev–Trinajstić information content (AvgIpc) is 2.91. The van der Waals surface area contributed by atoms with E-state index >= 15 is 0 Å². The lowest BCUT2D eigenvalue weighted by Crippen LogP contribution is -2.57. The van der Waals surface area contributed by atoms with Crippen molar-refractivity contribution in [3.05, 3.63) is 106 Å². The van der Waals surface area contributed by atoms with Crippen LogP contribution in [0.3, 0.4) is 0 Å². The predicted molar refractivity (Wildman–Crippen MR) is 145 cm³/mol. The zero-order valence-corrected chi connectivity index (χ0v) is 21.6. The molecule has 2 amide bonds. The van der Waals surface area contributed by atoms with Crippen molar-refractivity contribution in [3.63, 3.8) is 0 Å². The molecule has 1 aliphatic carbocycles. The molecule has 1 saturated heterocycles. The number of carbonyl (C=O) groups is 2. The van der Waals surface area contributed by atoms with Crippen LogP contribution in [-0.4, -0.2) is 49.2 Å². The summed E-state index contributed by atoms with van der Waals surface area (Å²) in [7, 11) is 0. The molecule has 3 aromatic rings. The molecule has 1 saturated carbocycles. The van der Waals surface area contributed by atoms with E-state index in [1.165, 1.54) is 6.21 Å². The Hall–Kier alpha value is -3.19. The smallest absolute Gasteiger partial charge is 0.244 e. The lowest BCUT2D eigenvalue weighted by atomic mass is 9.51. The summed E-state index contributed by atoms with van der Waals surface area (Å²) in [5, 5.41) is 5.15. The van der Waals surface area contributed by atoms with E-state index in [-0.39, 0.29) is 29.6 Å². The Morgan fingerprint density at radius 3 is 2.03 bits per heavy atom. The molecular weight excluding hydrogens is 509 g/mol. The first-order valence-electron chi connectivity index (χ1n) is 12.3. The summed E-state index contributed by atoms with van der Waals surface area (Å²) in [4.78, 5) is 29.4. The molecule has 1 aliphatic heterocycles. The van der Waals surface area contributed by atoms with E-state index in [4.69, 9.17) is 27.9 Å². The number of nitrogens with zero attached hydrogens (tertiary/aromatic N) is 2. The van der Waals surface area contributed by atoms with Crippen LogP contribution in [-0.2, 0) is 14.3 Å². The third-order valence-electron chi connectivity index (χ3n) is 7.17. The first-order chi connectivity index (χ1) is 18.0. The Balaban J connectivity index is 1.46. The van der Waals surface area contributed by atoms with E-state index < -0.39 is 5.92 Å². The molecule has 2 atom stereocenters. The minimum absolute atomic E-state index is 0.0616. The number of benzene rings is 3. The molecule has 0 radical (unpaired) electrons. The summed E-state index contributed by atoms with van der Waals surface area (Å²) in [5.41, 5.74) is 5.27. The van der Waals surface area contributed by atoms with Gasteiger partial charge in [-0.15, -0.1) is 0 Å². The maximum Gasteiger partial charge on any atom is 0.244 e. The average molecular weight is 536 g/mol. The molecule has 1 N–H and O–H groups in total. The van der Waals surface area contributed by atoms with Crippen LogP contribution in [0.25, 0.3) is 0 Å². The lowest BCUT2D eigenvalue weighted by molar-refractivity contribution is -0.151. The first-order valence-corrected chi connectivity index (χ1v) is 13.0. The van der Waals surface area contributed by atoms with Gasteiger partial charge in [0, 0.05) is 35.5 Å². The zero-order valence-electron chi connectivity index (χ0n) is 20.1. The second-order valence-corrected chi connectivity index (χ2v) is 10.1. The van der Waals surface area contributed by atoms with Gasteiger partial charge in [0.15, 0.2) is 0 Å². The molecule has 2 aliphatic rings. The fourth-order valence-electron chi connectivity index (χ4n) is 5.40. The third-order valence-corrected chi connectivity index (χ3v) is 7.73. The van der Waals surface area contributed by atoms with E-state index in [0.717, 1.165) is 11.1 Å². The van der Waals surface area contributed by atoms with Crippen LogP contribution in [0.4, 0.5) is 0 Å². The maximum atomic E-state index is 13.9. The monoisotopic (exact) mass is 535 g/mol. The van der Waals surface area contributed by atoms with Crippen molar-refractivity contribution < 1.29 is 14.3 Å². The van der Waals surface area contributed by atoms with Crippen molar-refractivity contribution in [2.24, 2.45) is 16.9 Å². The number of morpholine rings is 1. The van der Waals surface area contributed by atoms with E-state index in [2.05, 4.69) is 10.5 Å². The molecule has 3 aromatic carbocycles. The highest BCUT2D eigenvalue weighted by molar-refractivity contribution is 6.36.